The van der Waals surface area contributed by atoms with E-state index in [1.165, 1.54) is 0 Å². The van der Waals surface area contributed by atoms with Gasteiger partial charge in [0.25, 0.3) is 0 Å². The van der Waals surface area contributed by atoms with Crippen LogP contribution in [0.5, 0.6) is 0 Å². The number of morpholine rings is 1. The Morgan fingerprint density at radius 3 is 2.65 bits per heavy atom. The van der Waals surface area contributed by atoms with E-state index in [0.29, 0.717) is 32.0 Å². The highest BCUT2D eigenvalue weighted by atomic mass is 35.5. The van der Waals surface area contributed by atoms with E-state index in [9.17, 15) is 4.79 Å². The SMILES string of the molecule is CC(C)OC1OC(=O)C(Cl)=C1N1CCOCC1. The number of hydrogen-bond acceptors (Lipinski definition) is 5. The van der Waals surface area contributed by atoms with Crippen LogP contribution < -0.4 is 0 Å². The number of hydrogen-bond donors (Lipinski definition) is 0. The third-order valence-electron chi connectivity index (χ3n) is 2.59. The first-order valence-electron chi connectivity index (χ1n) is 5.68. The standard InChI is InChI=1S/C11H16ClNO4/c1-7(2)16-11-9(8(12)10(14)17-11)13-3-5-15-6-4-13/h7,11H,3-6H2,1-2H3. The van der Waals surface area contributed by atoms with Crippen LogP contribution in [0.25, 0.3) is 0 Å². The molecule has 0 aromatic heterocycles. The molecule has 0 N–H and O–H groups in total. The van der Waals surface area contributed by atoms with Crippen LogP contribution in [-0.4, -0.2) is 49.6 Å². The number of halogens is 1. The number of cyclic esters (lactones) is 1. The lowest BCUT2D eigenvalue weighted by Crippen LogP contribution is -2.39. The van der Waals surface area contributed by atoms with Crippen LogP contribution in [0.2, 0.25) is 0 Å². The summed E-state index contributed by atoms with van der Waals surface area (Å²) in [6, 6.07) is 0. The monoisotopic (exact) mass is 261 g/mol. The van der Waals surface area contributed by atoms with Crippen LogP contribution >= 0.6 is 11.6 Å². The van der Waals surface area contributed by atoms with Gasteiger partial charge in [-0.1, -0.05) is 11.6 Å². The lowest BCUT2D eigenvalue weighted by atomic mass is 10.3. The summed E-state index contributed by atoms with van der Waals surface area (Å²) in [6.45, 7) is 6.40. The fourth-order valence-electron chi connectivity index (χ4n) is 1.84. The van der Waals surface area contributed by atoms with Gasteiger partial charge in [-0.05, 0) is 13.8 Å². The lowest BCUT2D eigenvalue weighted by molar-refractivity contribution is -0.169. The Morgan fingerprint density at radius 1 is 1.41 bits per heavy atom. The van der Waals surface area contributed by atoms with Crippen molar-refractivity contribution in [3.8, 4) is 0 Å². The van der Waals surface area contributed by atoms with Crippen LogP contribution in [0.15, 0.2) is 10.7 Å². The molecule has 5 nitrogen and oxygen atoms in total. The molecule has 2 aliphatic heterocycles. The average molecular weight is 262 g/mol. The fourth-order valence-corrected chi connectivity index (χ4v) is 2.10. The van der Waals surface area contributed by atoms with E-state index in [1.54, 1.807) is 0 Å². The van der Waals surface area contributed by atoms with Gasteiger partial charge in [-0.25, -0.2) is 4.79 Å². The molecule has 2 rings (SSSR count). The molecular formula is C11H16ClNO4. The average Bonchev–Trinajstić information content (AvgIpc) is 2.55. The van der Waals surface area contributed by atoms with Gasteiger partial charge in [0.1, 0.15) is 5.70 Å². The third kappa shape index (κ3) is 2.73. The van der Waals surface area contributed by atoms with Gasteiger partial charge < -0.3 is 19.1 Å². The zero-order chi connectivity index (χ0) is 12.4. The summed E-state index contributed by atoms with van der Waals surface area (Å²) in [6.07, 6.45) is -0.723. The number of ether oxygens (including phenoxy) is 3. The summed E-state index contributed by atoms with van der Waals surface area (Å²) in [7, 11) is 0. The molecule has 1 unspecified atom stereocenters. The minimum atomic E-state index is -0.687. The molecule has 1 saturated heterocycles. The predicted molar refractivity (Wildman–Crippen MR) is 61.4 cm³/mol. The number of esters is 1. The van der Waals surface area contributed by atoms with Crippen molar-refractivity contribution >= 4 is 17.6 Å². The number of carbonyl (C=O) groups excluding carboxylic acids is 1. The van der Waals surface area contributed by atoms with Crippen LogP contribution in [0.3, 0.4) is 0 Å². The molecule has 0 spiro atoms. The summed E-state index contributed by atoms with van der Waals surface area (Å²) >= 11 is 5.98. The van der Waals surface area contributed by atoms with E-state index >= 15 is 0 Å². The Kier molecular flexibility index (Phi) is 3.91. The van der Waals surface area contributed by atoms with Crippen molar-refractivity contribution in [3.05, 3.63) is 10.7 Å². The van der Waals surface area contributed by atoms with Gasteiger partial charge in [-0.3, -0.25) is 0 Å². The van der Waals surface area contributed by atoms with Crippen molar-refractivity contribution in [3.63, 3.8) is 0 Å². The number of rotatable bonds is 3. The fraction of sp³-hybridized carbons (Fsp3) is 0.727. The van der Waals surface area contributed by atoms with Crippen LogP contribution in [-0.2, 0) is 19.0 Å². The molecule has 0 radical (unpaired) electrons. The quantitative estimate of drug-likeness (QED) is 0.712. The van der Waals surface area contributed by atoms with Gasteiger partial charge in [0.15, 0.2) is 5.03 Å². The molecule has 1 fully saturated rings. The van der Waals surface area contributed by atoms with Crippen LogP contribution in [0.4, 0.5) is 0 Å². The first kappa shape index (κ1) is 12.7. The normalized spacial score (nSPS) is 25.8. The van der Waals surface area contributed by atoms with Gasteiger partial charge in [-0.2, -0.15) is 0 Å². The highest BCUT2D eigenvalue weighted by molar-refractivity contribution is 6.42. The van der Waals surface area contributed by atoms with Gasteiger partial charge in [0, 0.05) is 13.1 Å². The van der Waals surface area contributed by atoms with Gasteiger partial charge in [-0.15, -0.1) is 0 Å². The molecule has 0 aliphatic carbocycles. The minimum Gasteiger partial charge on any atom is -0.425 e. The van der Waals surface area contributed by atoms with E-state index in [4.69, 9.17) is 25.8 Å². The summed E-state index contributed by atoms with van der Waals surface area (Å²) in [5.41, 5.74) is 0.633. The second-order valence-corrected chi connectivity index (χ2v) is 4.60. The topological polar surface area (TPSA) is 48.0 Å². The smallest absolute Gasteiger partial charge is 0.354 e. The Hall–Kier alpha value is -0.780. The summed E-state index contributed by atoms with van der Waals surface area (Å²) in [5.74, 6) is -0.515. The van der Waals surface area contributed by atoms with Crippen molar-refractivity contribution in [1.29, 1.82) is 0 Å². The first-order chi connectivity index (χ1) is 8.09. The maximum Gasteiger partial charge on any atom is 0.354 e. The molecular weight excluding hydrogens is 246 g/mol. The van der Waals surface area contributed by atoms with E-state index < -0.39 is 12.3 Å². The minimum absolute atomic E-state index is 0.0357. The van der Waals surface area contributed by atoms with Crippen molar-refractivity contribution in [2.45, 2.75) is 26.2 Å². The Balaban J connectivity index is 2.16. The predicted octanol–water partition coefficient (Wildman–Crippen LogP) is 1.08. The molecule has 1 atom stereocenters. The first-order valence-corrected chi connectivity index (χ1v) is 6.06. The molecule has 6 heteroatoms. The Bertz CT molecular complexity index is 336. The Morgan fingerprint density at radius 2 is 2.06 bits per heavy atom. The van der Waals surface area contributed by atoms with Gasteiger partial charge in [0.2, 0.25) is 6.29 Å². The van der Waals surface area contributed by atoms with E-state index in [0.717, 1.165) is 0 Å². The Labute approximate surface area is 105 Å². The molecule has 0 amide bonds. The molecule has 17 heavy (non-hydrogen) atoms. The van der Waals surface area contributed by atoms with Gasteiger partial charge in [0.05, 0.1) is 19.3 Å². The van der Waals surface area contributed by atoms with E-state index in [2.05, 4.69) is 0 Å². The maximum atomic E-state index is 11.5. The van der Waals surface area contributed by atoms with Crippen molar-refractivity contribution in [2.24, 2.45) is 0 Å². The zero-order valence-electron chi connectivity index (χ0n) is 9.94. The van der Waals surface area contributed by atoms with Crippen LogP contribution in [0, 0.1) is 0 Å². The summed E-state index contributed by atoms with van der Waals surface area (Å²) in [4.78, 5) is 13.5. The van der Waals surface area contributed by atoms with E-state index in [1.807, 2.05) is 18.7 Å². The van der Waals surface area contributed by atoms with E-state index in [-0.39, 0.29) is 11.1 Å². The highest BCUT2D eigenvalue weighted by Gasteiger charge is 2.38. The second kappa shape index (κ2) is 5.25. The molecule has 2 aliphatic rings. The van der Waals surface area contributed by atoms with Gasteiger partial charge >= 0.3 is 5.97 Å². The van der Waals surface area contributed by atoms with Crippen molar-refractivity contribution < 1.29 is 19.0 Å². The molecule has 96 valence electrons. The van der Waals surface area contributed by atoms with Crippen LogP contribution in [0.1, 0.15) is 13.8 Å². The molecule has 0 bridgehead atoms. The largest absolute Gasteiger partial charge is 0.425 e. The number of nitrogens with zero attached hydrogens (tertiary/aromatic N) is 1. The second-order valence-electron chi connectivity index (χ2n) is 4.22. The number of carbonyl (C=O) groups is 1. The lowest BCUT2D eigenvalue weighted by Gasteiger charge is -2.32. The maximum absolute atomic E-state index is 11.5. The molecule has 0 aromatic rings. The summed E-state index contributed by atoms with van der Waals surface area (Å²) < 4.78 is 15.9. The molecule has 0 aromatic carbocycles. The zero-order valence-corrected chi connectivity index (χ0v) is 10.7. The van der Waals surface area contributed by atoms with Crippen molar-refractivity contribution in [1.82, 2.24) is 4.90 Å². The summed E-state index contributed by atoms with van der Waals surface area (Å²) in [5, 5.41) is 0.123. The third-order valence-corrected chi connectivity index (χ3v) is 2.94. The highest BCUT2D eigenvalue weighted by Crippen LogP contribution is 2.30. The molecule has 2 heterocycles. The molecule has 0 saturated carbocycles. The van der Waals surface area contributed by atoms with Crippen molar-refractivity contribution in [2.75, 3.05) is 26.3 Å².